The molecule has 0 aliphatic carbocycles. The first-order valence-corrected chi connectivity index (χ1v) is 5.77. The van der Waals surface area contributed by atoms with E-state index >= 15 is 0 Å². The van der Waals surface area contributed by atoms with Gasteiger partial charge in [0.25, 0.3) is 5.69 Å². The van der Waals surface area contributed by atoms with Crippen molar-refractivity contribution in [3.8, 4) is 0 Å². The fourth-order valence-corrected chi connectivity index (χ4v) is 1.47. The van der Waals surface area contributed by atoms with Crippen LogP contribution in [0.1, 0.15) is 23.7 Å². The normalized spacial score (nSPS) is 12.1. The van der Waals surface area contributed by atoms with Gasteiger partial charge in [-0.15, -0.1) is 6.58 Å². The minimum atomic E-state index is -0.518. The number of benzene rings is 1. The molecule has 1 aromatic rings. The standard InChI is InChI=1S/C14H15NO4/c1-3-5-13(6-4-2)19-14(16)11-7-9-12(10-8-11)15(17)18/h3-4,6-10,13H,1,5H2,2H3/b6-4+/t13-/m1/s1. The summed E-state index contributed by atoms with van der Waals surface area (Å²) in [7, 11) is 0. The lowest BCUT2D eigenvalue weighted by Gasteiger charge is -2.12. The highest BCUT2D eigenvalue weighted by Gasteiger charge is 2.14. The Kier molecular flexibility index (Phi) is 5.47. The number of esters is 1. The van der Waals surface area contributed by atoms with E-state index in [-0.39, 0.29) is 17.4 Å². The zero-order valence-corrected chi connectivity index (χ0v) is 10.6. The molecule has 1 aromatic carbocycles. The Morgan fingerprint density at radius 2 is 2.11 bits per heavy atom. The summed E-state index contributed by atoms with van der Waals surface area (Å²) in [6, 6.07) is 5.30. The van der Waals surface area contributed by atoms with Gasteiger partial charge in [-0.05, 0) is 25.1 Å². The van der Waals surface area contributed by atoms with Crippen LogP contribution in [-0.4, -0.2) is 17.0 Å². The van der Waals surface area contributed by atoms with Gasteiger partial charge in [-0.2, -0.15) is 0 Å². The van der Waals surface area contributed by atoms with Gasteiger partial charge in [-0.25, -0.2) is 4.79 Å². The molecule has 5 heteroatoms. The number of nitrogens with zero attached hydrogens (tertiary/aromatic N) is 1. The van der Waals surface area contributed by atoms with E-state index in [1.165, 1.54) is 24.3 Å². The van der Waals surface area contributed by atoms with Crippen LogP contribution in [0.2, 0.25) is 0 Å². The van der Waals surface area contributed by atoms with Gasteiger partial charge in [0.05, 0.1) is 10.5 Å². The molecule has 0 bridgehead atoms. The Bertz CT molecular complexity index is 491. The average molecular weight is 261 g/mol. The third kappa shape index (κ3) is 4.39. The zero-order valence-electron chi connectivity index (χ0n) is 10.6. The molecule has 5 nitrogen and oxygen atoms in total. The average Bonchev–Trinajstić information content (AvgIpc) is 2.39. The highest BCUT2D eigenvalue weighted by atomic mass is 16.6. The molecule has 0 N–H and O–H groups in total. The van der Waals surface area contributed by atoms with Gasteiger partial charge in [-0.1, -0.05) is 12.2 Å². The number of hydrogen-bond acceptors (Lipinski definition) is 4. The van der Waals surface area contributed by atoms with Crippen molar-refractivity contribution in [3.63, 3.8) is 0 Å². The Morgan fingerprint density at radius 1 is 1.47 bits per heavy atom. The molecule has 1 atom stereocenters. The van der Waals surface area contributed by atoms with Crippen molar-refractivity contribution in [2.45, 2.75) is 19.4 Å². The molecular weight excluding hydrogens is 246 g/mol. The summed E-state index contributed by atoms with van der Waals surface area (Å²) in [5.74, 6) is -0.514. The summed E-state index contributed by atoms with van der Waals surface area (Å²) in [5, 5.41) is 10.5. The summed E-state index contributed by atoms with van der Waals surface area (Å²) in [6.07, 6.45) is 5.35. The van der Waals surface area contributed by atoms with Gasteiger partial charge in [0.15, 0.2) is 0 Å². The van der Waals surface area contributed by atoms with Gasteiger partial charge in [0, 0.05) is 18.6 Å². The minimum Gasteiger partial charge on any atom is -0.454 e. The maximum Gasteiger partial charge on any atom is 0.338 e. The van der Waals surface area contributed by atoms with Crippen molar-refractivity contribution in [1.29, 1.82) is 0 Å². The summed E-state index contributed by atoms with van der Waals surface area (Å²) in [4.78, 5) is 21.8. The first-order chi connectivity index (χ1) is 9.08. The number of nitro groups is 1. The smallest absolute Gasteiger partial charge is 0.338 e. The highest BCUT2D eigenvalue weighted by molar-refractivity contribution is 5.89. The van der Waals surface area contributed by atoms with Crippen LogP contribution in [0, 0.1) is 10.1 Å². The topological polar surface area (TPSA) is 69.4 Å². The van der Waals surface area contributed by atoms with E-state index < -0.39 is 10.9 Å². The van der Waals surface area contributed by atoms with Gasteiger partial charge >= 0.3 is 5.97 Å². The molecular formula is C14H15NO4. The van der Waals surface area contributed by atoms with Crippen LogP contribution in [0.4, 0.5) is 5.69 Å². The second-order valence-corrected chi connectivity index (χ2v) is 3.80. The Morgan fingerprint density at radius 3 is 2.58 bits per heavy atom. The van der Waals surface area contributed by atoms with Crippen LogP contribution < -0.4 is 0 Å². The van der Waals surface area contributed by atoms with Crippen LogP contribution in [0.5, 0.6) is 0 Å². The lowest BCUT2D eigenvalue weighted by molar-refractivity contribution is -0.384. The van der Waals surface area contributed by atoms with Gasteiger partial charge < -0.3 is 4.74 Å². The van der Waals surface area contributed by atoms with Crippen molar-refractivity contribution in [2.24, 2.45) is 0 Å². The van der Waals surface area contributed by atoms with Crippen LogP contribution in [-0.2, 0) is 4.74 Å². The summed E-state index contributed by atoms with van der Waals surface area (Å²) >= 11 is 0. The molecule has 0 heterocycles. The number of hydrogen-bond donors (Lipinski definition) is 0. The second-order valence-electron chi connectivity index (χ2n) is 3.80. The largest absolute Gasteiger partial charge is 0.454 e. The first kappa shape index (κ1) is 14.6. The molecule has 1 rings (SSSR count). The molecule has 0 aliphatic heterocycles. The number of ether oxygens (including phenoxy) is 1. The number of carbonyl (C=O) groups is 1. The van der Waals surface area contributed by atoms with Crippen molar-refractivity contribution < 1.29 is 14.5 Å². The van der Waals surface area contributed by atoms with Crippen molar-refractivity contribution >= 4 is 11.7 Å². The van der Waals surface area contributed by atoms with E-state index in [2.05, 4.69) is 6.58 Å². The van der Waals surface area contributed by atoms with Crippen molar-refractivity contribution in [3.05, 3.63) is 64.8 Å². The van der Waals surface area contributed by atoms with Gasteiger partial charge in [0.2, 0.25) is 0 Å². The number of allylic oxidation sites excluding steroid dienone is 1. The second kappa shape index (κ2) is 7.10. The predicted octanol–water partition coefficient (Wildman–Crippen LogP) is 3.27. The Balaban J connectivity index is 2.76. The van der Waals surface area contributed by atoms with E-state index in [1.54, 1.807) is 18.2 Å². The maximum absolute atomic E-state index is 11.8. The van der Waals surface area contributed by atoms with Gasteiger partial charge in [0.1, 0.15) is 6.10 Å². The zero-order chi connectivity index (χ0) is 14.3. The van der Waals surface area contributed by atoms with Crippen molar-refractivity contribution in [1.82, 2.24) is 0 Å². The van der Waals surface area contributed by atoms with Crippen LogP contribution in [0.3, 0.4) is 0 Å². The van der Waals surface area contributed by atoms with Crippen LogP contribution >= 0.6 is 0 Å². The van der Waals surface area contributed by atoms with Crippen LogP contribution in [0.25, 0.3) is 0 Å². The minimum absolute atomic E-state index is 0.0624. The molecule has 0 spiro atoms. The van der Waals surface area contributed by atoms with Crippen LogP contribution in [0.15, 0.2) is 49.1 Å². The lowest BCUT2D eigenvalue weighted by atomic mass is 10.2. The van der Waals surface area contributed by atoms with E-state index in [0.717, 1.165) is 0 Å². The monoisotopic (exact) mass is 261 g/mol. The summed E-state index contributed by atoms with van der Waals surface area (Å²) < 4.78 is 5.25. The Hall–Kier alpha value is -2.43. The maximum atomic E-state index is 11.8. The lowest BCUT2D eigenvalue weighted by Crippen LogP contribution is -2.15. The number of rotatable bonds is 6. The molecule has 0 aromatic heterocycles. The van der Waals surface area contributed by atoms with Crippen molar-refractivity contribution in [2.75, 3.05) is 0 Å². The molecule has 0 unspecified atom stereocenters. The highest BCUT2D eigenvalue weighted by Crippen LogP contribution is 2.14. The van der Waals surface area contributed by atoms with E-state index in [1.807, 2.05) is 6.92 Å². The predicted molar refractivity (Wildman–Crippen MR) is 71.9 cm³/mol. The number of carbonyl (C=O) groups excluding carboxylic acids is 1. The quantitative estimate of drug-likeness (QED) is 0.341. The van der Waals surface area contributed by atoms with Gasteiger partial charge in [-0.3, -0.25) is 10.1 Å². The molecule has 0 saturated heterocycles. The number of nitro benzene ring substituents is 1. The third-order valence-corrected chi connectivity index (χ3v) is 2.38. The molecule has 19 heavy (non-hydrogen) atoms. The molecule has 0 fully saturated rings. The summed E-state index contributed by atoms with van der Waals surface area (Å²) in [5.41, 5.74) is 0.219. The van der Waals surface area contributed by atoms with E-state index in [9.17, 15) is 14.9 Å². The molecule has 0 radical (unpaired) electrons. The molecule has 0 saturated carbocycles. The summed E-state index contributed by atoms with van der Waals surface area (Å²) in [6.45, 7) is 5.42. The first-order valence-electron chi connectivity index (χ1n) is 5.77. The fourth-order valence-electron chi connectivity index (χ4n) is 1.47. The number of non-ortho nitro benzene ring substituents is 1. The molecule has 0 aliphatic rings. The Labute approximate surface area is 111 Å². The molecule has 100 valence electrons. The van der Waals surface area contributed by atoms with E-state index in [4.69, 9.17) is 4.74 Å². The fraction of sp³-hybridized carbons (Fsp3) is 0.214. The van der Waals surface area contributed by atoms with E-state index in [0.29, 0.717) is 6.42 Å². The molecule has 0 amide bonds. The SMILES string of the molecule is C=CC[C@H](/C=C/C)OC(=O)c1ccc([N+](=O)[O-])cc1. The third-order valence-electron chi connectivity index (χ3n) is 2.38.